The van der Waals surface area contributed by atoms with Crippen LogP contribution < -0.4 is 4.90 Å². The molecule has 0 N–H and O–H groups in total. The summed E-state index contributed by atoms with van der Waals surface area (Å²) in [6, 6.07) is 40.6. The third kappa shape index (κ3) is 3.42. The quantitative estimate of drug-likeness (QED) is 0.228. The average molecular weight is 510 g/mol. The van der Waals surface area contributed by atoms with Gasteiger partial charge in [0.1, 0.15) is 5.00 Å². The van der Waals surface area contributed by atoms with E-state index in [1.165, 1.54) is 70.6 Å². The van der Waals surface area contributed by atoms with E-state index in [-0.39, 0.29) is 0 Å². The Hall–Kier alpha value is -3.92. The van der Waals surface area contributed by atoms with Crippen LogP contribution in [0.4, 0.5) is 16.4 Å². The maximum atomic E-state index is 2.45. The highest BCUT2D eigenvalue weighted by molar-refractivity contribution is 7.23. The zero-order valence-corrected chi connectivity index (χ0v) is 21.8. The highest BCUT2D eigenvalue weighted by atomic mass is 32.1. The number of thiophene rings is 2. The number of fused-ring (bicyclic) bond motifs is 6. The molecule has 0 aliphatic heterocycles. The summed E-state index contributed by atoms with van der Waals surface area (Å²) < 4.78 is 0. The summed E-state index contributed by atoms with van der Waals surface area (Å²) in [7, 11) is 0. The molecule has 0 bridgehead atoms. The molecule has 4 aromatic carbocycles. The standard InChI is InChI=1S/C34H23NS2/c1-3-8-28-22(6-1)18-24-20-26(11-13-30(24)28)35(34-16-15-33(37-34)32-10-5-17-36-32)27-12-14-31-25(21-27)19-23-7-2-4-9-29(23)31/h1-17,20-21H,18-19H2. The van der Waals surface area contributed by atoms with E-state index in [2.05, 4.69) is 119 Å². The lowest BCUT2D eigenvalue weighted by Gasteiger charge is -2.25. The number of hydrogen-bond donors (Lipinski definition) is 0. The second-order valence-corrected chi connectivity index (χ2v) is 11.8. The lowest BCUT2D eigenvalue weighted by atomic mass is 10.0. The third-order valence-corrected chi connectivity index (χ3v) is 9.78. The molecule has 8 rings (SSSR count). The molecule has 0 radical (unpaired) electrons. The van der Waals surface area contributed by atoms with Gasteiger partial charge in [0.2, 0.25) is 0 Å². The minimum Gasteiger partial charge on any atom is -0.302 e. The van der Waals surface area contributed by atoms with Crippen molar-refractivity contribution < 1.29 is 0 Å². The van der Waals surface area contributed by atoms with Crippen molar-refractivity contribution in [3.05, 3.63) is 137 Å². The first-order chi connectivity index (χ1) is 18.3. The van der Waals surface area contributed by atoms with Crippen molar-refractivity contribution in [3.63, 3.8) is 0 Å². The normalized spacial score (nSPS) is 12.6. The van der Waals surface area contributed by atoms with Gasteiger partial charge in [-0.2, -0.15) is 0 Å². The van der Waals surface area contributed by atoms with Crippen molar-refractivity contribution in [1.29, 1.82) is 0 Å². The molecule has 0 amide bonds. The van der Waals surface area contributed by atoms with Crippen LogP contribution in [-0.2, 0) is 12.8 Å². The van der Waals surface area contributed by atoms with Gasteiger partial charge >= 0.3 is 0 Å². The van der Waals surface area contributed by atoms with Gasteiger partial charge in [-0.15, -0.1) is 22.7 Å². The molecule has 0 fully saturated rings. The van der Waals surface area contributed by atoms with Crippen LogP contribution in [0.5, 0.6) is 0 Å². The molecule has 3 heteroatoms. The van der Waals surface area contributed by atoms with Crippen molar-refractivity contribution in [2.75, 3.05) is 4.90 Å². The van der Waals surface area contributed by atoms with Crippen LogP contribution in [0.2, 0.25) is 0 Å². The van der Waals surface area contributed by atoms with Gasteiger partial charge in [0.15, 0.2) is 0 Å². The monoisotopic (exact) mass is 509 g/mol. The van der Waals surface area contributed by atoms with Gasteiger partial charge in [0.25, 0.3) is 0 Å². The molecule has 1 nitrogen and oxygen atoms in total. The largest absolute Gasteiger partial charge is 0.302 e. The summed E-state index contributed by atoms with van der Waals surface area (Å²) in [5.74, 6) is 0. The van der Waals surface area contributed by atoms with Crippen LogP contribution in [0.25, 0.3) is 32.0 Å². The van der Waals surface area contributed by atoms with E-state index < -0.39 is 0 Å². The van der Waals surface area contributed by atoms with Gasteiger partial charge in [0.05, 0.1) is 0 Å². The van der Waals surface area contributed by atoms with Crippen molar-refractivity contribution in [3.8, 4) is 32.0 Å². The molecule has 2 aromatic heterocycles. The first-order valence-electron chi connectivity index (χ1n) is 12.7. The number of rotatable bonds is 4. The lowest BCUT2D eigenvalue weighted by molar-refractivity contribution is 1.23. The molecular formula is C34H23NS2. The summed E-state index contributed by atoms with van der Waals surface area (Å²) in [6.45, 7) is 0. The van der Waals surface area contributed by atoms with Crippen molar-refractivity contribution in [1.82, 2.24) is 0 Å². The fourth-order valence-electron chi connectivity index (χ4n) is 5.94. The lowest BCUT2D eigenvalue weighted by Crippen LogP contribution is -2.09. The maximum Gasteiger partial charge on any atom is 0.101 e. The van der Waals surface area contributed by atoms with E-state index in [1.807, 2.05) is 11.3 Å². The Morgan fingerprint density at radius 2 is 1.08 bits per heavy atom. The molecule has 0 saturated carbocycles. The predicted octanol–water partition coefficient (Wildman–Crippen LogP) is 10.1. The summed E-state index contributed by atoms with van der Waals surface area (Å²) >= 11 is 3.67. The Bertz CT molecular complexity index is 1690. The Balaban J connectivity index is 1.26. The zero-order valence-electron chi connectivity index (χ0n) is 20.1. The Labute approximate surface area is 224 Å². The summed E-state index contributed by atoms with van der Waals surface area (Å²) in [5, 5.41) is 3.40. The zero-order chi connectivity index (χ0) is 24.3. The number of hydrogen-bond acceptors (Lipinski definition) is 3. The predicted molar refractivity (Wildman–Crippen MR) is 159 cm³/mol. The van der Waals surface area contributed by atoms with Crippen LogP contribution in [-0.4, -0.2) is 0 Å². The summed E-state index contributed by atoms with van der Waals surface area (Å²) in [4.78, 5) is 5.09. The van der Waals surface area contributed by atoms with Gasteiger partial charge in [-0.05, 0) is 105 Å². The van der Waals surface area contributed by atoms with Crippen molar-refractivity contribution >= 4 is 39.0 Å². The van der Waals surface area contributed by atoms with Gasteiger partial charge in [-0.3, -0.25) is 0 Å². The average Bonchev–Trinajstić information content (AvgIpc) is 3.73. The number of benzene rings is 4. The van der Waals surface area contributed by atoms with E-state index in [1.54, 1.807) is 11.3 Å². The van der Waals surface area contributed by atoms with E-state index in [4.69, 9.17) is 0 Å². The van der Waals surface area contributed by atoms with Crippen molar-refractivity contribution in [2.45, 2.75) is 12.8 Å². The molecule has 0 spiro atoms. The Kier molecular flexibility index (Phi) is 4.76. The summed E-state index contributed by atoms with van der Waals surface area (Å²) in [5.41, 5.74) is 13.6. The molecule has 176 valence electrons. The number of nitrogens with zero attached hydrogens (tertiary/aromatic N) is 1. The third-order valence-electron chi connectivity index (χ3n) is 7.65. The van der Waals surface area contributed by atoms with Gasteiger partial charge in [0, 0.05) is 21.1 Å². The van der Waals surface area contributed by atoms with Gasteiger partial charge in [-0.25, -0.2) is 0 Å². The van der Waals surface area contributed by atoms with Crippen LogP contribution in [0, 0.1) is 0 Å². The molecule has 37 heavy (non-hydrogen) atoms. The fourth-order valence-corrected chi connectivity index (χ4v) is 7.83. The first-order valence-corrected chi connectivity index (χ1v) is 14.4. The molecule has 0 saturated heterocycles. The smallest absolute Gasteiger partial charge is 0.101 e. The second-order valence-electron chi connectivity index (χ2n) is 9.80. The second kappa shape index (κ2) is 8.31. The SMILES string of the molecule is c1csc(-c2ccc(N(c3ccc4c(c3)Cc3ccccc3-4)c3ccc4c(c3)Cc3ccccc3-4)s2)c1. The van der Waals surface area contributed by atoms with E-state index in [9.17, 15) is 0 Å². The van der Waals surface area contributed by atoms with Crippen LogP contribution >= 0.6 is 22.7 Å². The van der Waals surface area contributed by atoms with E-state index >= 15 is 0 Å². The van der Waals surface area contributed by atoms with E-state index in [0.29, 0.717) is 0 Å². The van der Waals surface area contributed by atoms with Gasteiger partial charge in [-0.1, -0.05) is 66.7 Å². The molecule has 0 atom stereocenters. The van der Waals surface area contributed by atoms with Crippen molar-refractivity contribution in [2.24, 2.45) is 0 Å². The topological polar surface area (TPSA) is 3.24 Å². The molecule has 2 heterocycles. The summed E-state index contributed by atoms with van der Waals surface area (Å²) in [6.07, 6.45) is 2.00. The van der Waals surface area contributed by atoms with Crippen LogP contribution in [0.15, 0.2) is 115 Å². The maximum absolute atomic E-state index is 2.45. The molecule has 6 aromatic rings. The molecule has 2 aliphatic rings. The number of anilines is 3. The minimum atomic E-state index is 0.998. The Morgan fingerprint density at radius 3 is 1.68 bits per heavy atom. The molecule has 2 aliphatic carbocycles. The molecule has 0 unspecified atom stereocenters. The van der Waals surface area contributed by atoms with Crippen LogP contribution in [0.1, 0.15) is 22.3 Å². The van der Waals surface area contributed by atoms with Gasteiger partial charge < -0.3 is 4.90 Å². The van der Waals surface area contributed by atoms with E-state index in [0.717, 1.165) is 12.8 Å². The highest BCUT2D eigenvalue weighted by Crippen LogP contribution is 2.47. The highest BCUT2D eigenvalue weighted by Gasteiger charge is 2.24. The fraction of sp³-hybridized carbons (Fsp3) is 0.0588. The Morgan fingerprint density at radius 1 is 0.486 bits per heavy atom. The molecular weight excluding hydrogens is 487 g/mol. The first kappa shape index (κ1) is 21.2. The minimum absolute atomic E-state index is 0.998. The van der Waals surface area contributed by atoms with Crippen LogP contribution in [0.3, 0.4) is 0 Å².